The van der Waals surface area contributed by atoms with E-state index in [0.717, 1.165) is 12.1 Å². The third kappa shape index (κ3) is 3.18. The standard InChI is InChI=1S/C11H13F2NO2/c1-2-16-11(15)4-3-8-9(13)5-7(12)6-10(8)14/h5-6H,2-4,14H2,1H3. The first-order valence-corrected chi connectivity index (χ1v) is 4.93. The first kappa shape index (κ1) is 12.4. The third-order valence-electron chi connectivity index (χ3n) is 2.08. The number of nitrogen functional groups attached to an aromatic ring is 1. The summed E-state index contributed by atoms with van der Waals surface area (Å²) in [6, 6.07) is 1.78. The average Bonchev–Trinajstić information content (AvgIpc) is 2.16. The molecule has 0 atom stereocenters. The van der Waals surface area contributed by atoms with E-state index < -0.39 is 17.6 Å². The number of hydrogen-bond acceptors (Lipinski definition) is 3. The number of carbonyl (C=O) groups excluding carboxylic acids is 1. The van der Waals surface area contributed by atoms with E-state index >= 15 is 0 Å². The molecule has 0 spiro atoms. The van der Waals surface area contributed by atoms with Gasteiger partial charge in [0.1, 0.15) is 11.6 Å². The molecule has 0 aliphatic heterocycles. The maximum atomic E-state index is 13.3. The maximum absolute atomic E-state index is 13.3. The lowest BCUT2D eigenvalue weighted by molar-refractivity contribution is -0.143. The normalized spacial score (nSPS) is 10.2. The van der Waals surface area contributed by atoms with Gasteiger partial charge in [0.15, 0.2) is 0 Å². The zero-order chi connectivity index (χ0) is 12.1. The van der Waals surface area contributed by atoms with Gasteiger partial charge in [-0.05, 0) is 19.4 Å². The molecule has 2 N–H and O–H groups in total. The van der Waals surface area contributed by atoms with E-state index in [2.05, 4.69) is 0 Å². The van der Waals surface area contributed by atoms with Crippen molar-refractivity contribution < 1.29 is 18.3 Å². The average molecular weight is 229 g/mol. The Morgan fingerprint density at radius 2 is 2.12 bits per heavy atom. The van der Waals surface area contributed by atoms with Gasteiger partial charge >= 0.3 is 5.97 Å². The quantitative estimate of drug-likeness (QED) is 0.635. The van der Waals surface area contributed by atoms with Crippen LogP contribution in [0.2, 0.25) is 0 Å². The van der Waals surface area contributed by atoms with Crippen LogP contribution in [-0.4, -0.2) is 12.6 Å². The van der Waals surface area contributed by atoms with Crippen LogP contribution in [0.3, 0.4) is 0 Å². The Balaban J connectivity index is 2.70. The molecule has 0 unspecified atom stereocenters. The minimum Gasteiger partial charge on any atom is -0.466 e. The highest BCUT2D eigenvalue weighted by atomic mass is 19.1. The highest BCUT2D eigenvalue weighted by Crippen LogP contribution is 2.19. The van der Waals surface area contributed by atoms with Crippen LogP contribution >= 0.6 is 0 Å². The van der Waals surface area contributed by atoms with Crippen LogP contribution in [0, 0.1) is 11.6 Å². The van der Waals surface area contributed by atoms with E-state index in [1.54, 1.807) is 6.92 Å². The molecule has 0 bridgehead atoms. The minimum atomic E-state index is -0.734. The number of rotatable bonds is 4. The summed E-state index contributed by atoms with van der Waals surface area (Å²) in [5.41, 5.74) is 5.61. The first-order chi connectivity index (χ1) is 7.54. The van der Waals surface area contributed by atoms with Crippen LogP contribution < -0.4 is 5.73 Å². The van der Waals surface area contributed by atoms with E-state index in [-0.39, 0.29) is 30.7 Å². The number of hydrogen-bond donors (Lipinski definition) is 1. The second-order valence-electron chi connectivity index (χ2n) is 3.26. The topological polar surface area (TPSA) is 52.3 Å². The summed E-state index contributed by atoms with van der Waals surface area (Å²) in [6.45, 7) is 1.96. The predicted molar refractivity (Wildman–Crippen MR) is 55.7 cm³/mol. The number of nitrogens with two attached hydrogens (primary N) is 1. The Morgan fingerprint density at radius 1 is 1.44 bits per heavy atom. The van der Waals surface area contributed by atoms with Crippen LogP contribution in [0.15, 0.2) is 12.1 Å². The van der Waals surface area contributed by atoms with Gasteiger partial charge in [-0.15, -0.1) is 0 Å². The first-order valence-electron chi connectivity index (χ1n) is 4.93. The maximum Gasteiger partial charge on any atom is 0.306 e. The van der Waals surface area contributed by atoms with Crippen LogP contribution in [0.5, 0.6) is 0 Å². The fourth-order valence-electron chi connectivity index (χ4n) is 1.35. The molecule has 0 heterocycles. The van der Waals surface area contributed by atoms with Crippen molar-refractivity contribution in [3.8, 4) is 0 Å². The van der Waals surface area contributed by atoms with Crippen molar-refractivity contribution in [2.24, 2.45) is 0 Å². The van der Waals surface area contributed by atoms with Gasteiger partial charge < -0.3 is 10.5 Å². The number of carbonyl (C=O) groups is 1. The summed E-state index contributed by atoms with van der Waals surface area (Å²) < 4.78 is 30.7. The molecule has 0 fully saturated rings. The zero-order valence-electron chi connectivity index (χ0n) is 8.93. The smallest absolute Gasteiger partial charge is 0.306 e. The molecule has 0 saturated carbocycles. The van der Waals surface area contributed by atoms with Crippen molar-refractivity contribution in [2.45, 2.75) is 19.8 Å². The lowest BCUT2D eigenvalue weighted by atomic mass is 10.1. The van der Waals surface area contributed by atoms with Gasteiger partial charge in [-0.3, -0.25) is 4.79 Å². The lowest BCUT2D eigenvalue weighted by Gasteiger charge is -2.07. The van der Waals surface area contributed by atoms with Gasteiger partial charge in [-0.2, -0.15) is 0 Å². The molecular formula is C11H13F2NO2. The molecule has 16 heavy (non-hydrogen) atoms. The molecule has 3 nitrogen and oxygen atoms in total. The monoisotopic (exact) mass is 229 g/mol. The van der Waals surface area contributed by atoms with E-state index in [9.17, 15) is 13.6 Å². The number of benzene rings is 1. The summed E-state index contributed by atoms with van der Waals surface area (Å²) in [6.07, 6.45) is 0.136. The SMILES string of the molecule is CCOC(=O)CCc1c(N)cc(F)cc1F. The van der Waals surface area contributed by atoms with E-state index in [1.807, 2.05) is 0 Å². The summed E-state index contributed by atoms with van der Waals surface area (Å²) >= 11 is 0. The van der Waals surface area contributed by atoms with Crippen LogP contribution in [0.25, 0.3) is 0 Å². The van der Waals surface area contributed by atoms with Gasteiger partial charge in [0.05, 0.1) is 6.61 Å². The Labute approximate surface area is 92.2 Å². The molecule has 88 valence electrons. The molecule has 0 aliphatic carbocycles. The molecular weight excluding hydrogens is 216 g/mol. The molecule has 1 rings (SSSR count). The highest BCUT2D eigenvalue weighted by Gasteiger charge is 2.11. The van der Waals surface area contributed by atoms with Gasteiger partial charge in [-0.1, -0.05) is 0 Å². The van der Waals surface area contributed by atoms with E-state index in [1.165, 1.54) is 0 Å². The second kappa shape index (κ2) is 5.44. The van der Waals surface area contributed by atoms with Gasteiger partial charge in [0.2, 0.25) is 0 Å². The van der Waals surface area contributed by atoms with Crippen molar-refractivity contribution in [3.05, 3.63) is 29.3 Å². The molecule has 0 saturated heterocycles. The molecule has 1 aromatic carbocycles. The lowest BCUT2D eigenvalue weighted by Crippen LogP contribution is -2.07. The number of esters is 1. The number of anilines is 1. The number of ether oxygens (including phenoxy) is 1. The van der Waals surface area contributed by atoms with E-state index in [4.69, 9.17) is 10.5 Å². The van der Waals surface area contributed by atoms with Crippen molar-refractivity contribution in [2.75, 3.05) is 12.3 Å². The van der Waals surface area contributed by atoms with Gasteiger partial charge in [0.25, 0.3) is 0 Å². The summed E-state index contributed by atoms with van der Waals surface area (Å²) in [5.74, 6) is -1.89. The van der Waals surface area contributed by atoms with Crippen molar-refractivity contribution in [3.63, 3.8) is 0 Å². The Kier molecular flexibility index (Phi) is 4.22. The van der Waals surface area contributed by atoms with Crippen molar-refractivity contribution >= 4 is 11.7 Å². The van der Waals surface area contributed by atoms with Crippen LogP contribution in [0.4, 0.5) is 14.5 Å². The van der Waals surface area contributed by atoms with Gasteiger partial charge in [0, 0.05) is 23.7 Å². The summed E-state index contributed by atoms with van der Waals surface area (Å²) in [5, 5.41) is 0. The molecule has 0 aliphatic rings. The minimum absolute atomic E-state index is 0.0156. The predicted octanol–water partition coefficient (Wildman–Crippen LogP) is 2.04. The molecule has 0 radical (unpaired) electrons. The molecule has 0 amide bonds. The highest BCUT2D eigenvalue weighted by molar-refractivity contribution is 5.70. The second-order valence-corrected chi connectivity index (χ2v) is 3.26. The molecule has 1 aromatic rings. The molecule has 5 heteroatoms. The van der Waals surface area contributed by atoms with Crippen molar-refractivity contribution in [1.82, 2.24) is 0 Å². The Bertz CT molecular complexity index is 371. The third-order valence-corrected chi connectivity index (χ3v) is 2.08. The fraction of sp³-hybridized carbons (Fsp3) is 0.364. The largest absolute Gasteiger partial charge is 0.466 e. The van der Waals surface area contributed by atoms with Crippen LogP contribution in [0.1, 0.15) is 18.9 Å². The number of halogens is 2. The molecule has 0 aromatic heterocycles. The van der Waals surface area contributed by atoms with Crippen LogP contribution in [-0.2, 0) is 16.0 Å². The fourth-order valence-corrected chi connectivity index (χ4v) is 1.35. The van der Waals surface area contributed by atoms with Crippen molar-refractivity contribution in [1.29, 1.82) is 0 Å². The summed E-state index contributed by atoms with van der Waals surface area (Å²) in [4.78, 5) is 11.0. The Morgan fingerprint density at radius 3 is 2.69 bits per heavy atom. The van der Waals surface area contributed by atoms with Gasteiger partial charge in [-0.25, -0.2) is 8.78 Å². The van der Waals surface area contributed by atoms with E-state index in [0.29, 0.717) is 0 Å². The Hall–Kier alpha value is -1.65. The summed E-state index contributed by atoms with van der Waals surface area (Å²) in [7, 11) is 0. The zero-order valence-corrected chi connectivity index (χ0v) is 8.93.